The molecule has 4 nitrogen and oxygen atoms in total. The molecule has 1 aromatic rings. The standard InChI is InChI=1S/C11H15IN2O2/c1-8-10(12)11(15)14(7-13-8)6-9-2-4-16-5-3-9/h7,9H,2-6H2,1H3. The Morgan fingerprint density at radius 2 is 2.25 bits per heavy atom. The van der Waals surface area contributed by atoms with Gasteiger partial charge in [-0.1, -0.05) is 0 Å². The van der Waals surface area contributed by atoms with Gasteiger partial charge in [-0.05, 0) is 48.3 Å². The first-order valence-electron chi connectivity index (χ1n) is 5.48. The Morgan fingerprint density at radius 3 is 2.94 bits per heavy atom. The van der Waals surface area contributed by atoms with E-state index >= 15 is 0 Å². The molecule has 2 rings (SSSR count). The molecule has 5 heteroatoms. The van der Waals surface area contributed by atoms with Crippen molar-refractivity contribution in [3.05, 3.63) is 25.9 Å². The van der Waals surface area contributed by atoms with Gasteiger partial charge in [-0.3, -0.25) is 9.36 Å². The van der Waals surface area contributed by atoms with Gasteiger partial charge in [-0.2, -0.15) is 0 Å². The summed E-state index contributed by atoms with van der Waals surface area (Å²) in [6.45, 7) is 4.26. The lowest BCUT2D eigenvalue weighted by Gasteiger charge is -2.22. The molecular formula is C11H15IN2O2. The Bertz CT molecular complexity index is 424. The number of hydrogen-bond donors (Lipinski definition) is 0. The van der Waals surface area contributed by atoms with Gasteiger partial charge in [0.1, 0.15) is 0 Å². The van der Waals surface area contributed by atoms with Gasteiger partial charge in [-0.15, -0.1) is 0 Å². The summed E-state index contributed by atoms with van der Waals surface area (Å²) < 4.78 is 7.76. The van der Waals surface area contributed by atoms with Crippen LogP contribution in [0.5, 0.6) is 0 Å². The van der Waals surface area contributed by atoms with Crippen LogP contribution in [0, 0.1) is 16.4 Å². The van der Waals surface area contributed by atoms with Crippen molar-refractivity contribution in [1.29, 1.82) is 0 Å². The summed E-state index contributed by atoms with van der Waals surface area (Å²) in [7, 11) is 0. The van der Waals surface area contributed by atoms with Crippen molar-refractivity contribution in [2.24, 2.45) is 5.92 Å². The molecule has 16 heavy (non-hydrogen) atoms. The summed E-state index contributed by atoms with van der Waals surface area (Å²) in [5.41, 5.74) is 0.897. The summed E-state index contributed by atoms with van der Waals surface area (Å²) in [6, 6.07) is 0. The molecule has 0 saturated carbocycles. The van der Waals surface area contributed by atoms with E-state index in [4.69, 9.17) is 4.74 Å². The molecule has 2 heterocycles. The smallest absolute Gasteiger partial charge is 0.267 e. The van der Waals surface area contributed by atoms with E-state index in [0.717, 1.165) is 41.9 Å². The lowest BCUT2D eigenvalue weighted by atomic mass is 10.0. The average molecular weight is 334 g/mol. The summed E-state index contributed by atoms with van der Waals surface area (Å²) >= 11 is 2.07. The lowest BCUT2D eigenvalue weighted by Crippen LogP contribution is -2.29. The number of rotatable bonds is 2. The number of halogens is 1. The van der Waals surface area contributed by atoms with Gasteiger partial charge in [0.2, 0.25) is 0 Å². The predicted octanol–water partition coefficient (Wildman–Crippen LogP) is 1.58. The molecule has 0 N–H and O–H groups in total. The first kappa shape index (κ1) is 12.0. The second-order valence-electron chi connectivity index (χ2n) is 4.16. The van der Waals surface area contributed by atoms with Crippen molar-refractivity contribution in [2.75, 3.05) is 13.2 Å². The minimum atomic E-state index is 0.0830. The molecule has 1 aliphatic heterocycles. The normalized spacial score (nSPS) is 17.6. The van der Waals surface area contributed by atoms with E-state index in [0.29, 0.717) is 5.92 Å². The molecule has 0 bridgehead atoms. The van der Waals surface area contributed by atoms with Crippen molar-refractivity contribution in [1.82, 2.24) is 9.55 Å². The molecule has 0 unspecified atom stereocenters. The summed E-state index contributed by atoms with van der Waals surface area (Å²) in [5.74, 6) is 0.548. The topological polar surface area (TPSA) is 44.1 Å². The highest BCUT2D eigenvalue weighted by molar-refractivity contribution is 14.1. The maximum Gasteiger partial charge on any atom is 0.267 e. The fraction of sp³-hybridized carbons (Fsp3) is 0.636. The maximum atomic E-state index is 11.9. The van der Waals surface area contributed by atoms with E-state index in [1.165, 1.54) is 0 Å². The van der Waals surface area contributed by atoms with Crippen molar-refractivity contribution >= 4 is 22.6 Å². The average Bonchev–Trinajstić information content (AvgIpc) is 2.31. The second kappa shape index (κ2) is 5.27. The highest BCUT2D eigenvalue weighted by Gasteiger charge is 2.15. The summed E-state index contributed by atoms with van der Waals surface area (Å²) in [6.07, 6.45) is 3.74. The lowest BCUT2D eigenvalue weighted by molar-refractivity contribution is 0.0608. The minimum Gasteiger partial charge on any atom is -0.381 e. The number of nitrogens with zero attached hydrogens (tertiary/aromatic N) is 2. The van der Waals surface area contributed by atoms with Crippen molar-refractivity contribution in [3.8, 4) is 0 Å². The SMILES string of the molecule is Cc1ncn(CC2CCOCC2)c(=O)c1I. The minimum absolute atomic E-state index is 0.0830. The van der Waals surface area contributed by atoms with E-state index < -0.39 is 0 Å². The van der Waals surface area contributed by atoms with Gasteiger partial charge in [0.15, 0.2) is 0 Å². The van der Waals surface area contributed by atoms with Gasteiger partial charge >= 0.3 is 0 Å². The molecule has 0 spiro atoms. The van der Waals surface area contributed by atoms with Gasteiger partial charge in [0, 0.05) is 19.8 Å². The highest BCUT2D eigenvalue weighted by atomic mass is 127. The summed E-state index contributed by atoms with van der Waals surface area (Å²) in [5, 5.41) is 0. The molecular weight excluding hydrogens is 319 g/mol. The Labute approximate surface area is 108 Å². The van der Waals surface area contributed by atoms with Crippen molar-refractivity contribution < 1.29 is 4.74 Å². The third-order valence-corrected chi connectivity index (χ3v) is 4.19. The third kappa shape index (κ3) is 2.63. The van der Waals surface area contributed by atoms with E-state index in [1.54, 1.807) is 10.9 Å². The largest absolute Gasteiger partial charge is 0.381 e. The zero-order valence-electron chi connectivity index (χ0n) is 9.28. The zero-order valence-corrected chi connectivity index (χ0v) is 11.4. The van der Waals surface area contributed by atoms with Gasteiger partial charge in [-0.25, -0.2) is 4.98 Å². The molecule has 0 aromatic carbocycles. The first-order valence-corrected chi connectivity index (χ1v) is 6.55. The Kier molecular flexibility index (Phi) is 3.96. The van der Waals surface area contributed by atoms with E-state index in [2.05, 4.69) is 27.6 Å². The van der Waals surface area contributed by atoms with Crippen LogP contribution < -0.4 is 5.56 Å². The molecule has 1 aliphatic rings. The van der Waals surface area contributed by atoms with Crippen LogP contribution in [0.3, 0.4) is 0 Å². The van der Waals surface area contributed by atoms with Gasteiger partial charge in [0.05, 0.1) is 15.6 Å². The van der Waals surface area contributed by atoms with Crippen LogP contribution in [-0.4, -0.2) is 22.8 Å². The maximum absolute atomic E-state index is 11.9. The van der Waals surface area contributed by atoms with E-state index in [-0.39, 0.29) is 5.56 Å². The molecule has 1 aromatic heterocycles. The third-order valence-electron chi connectivity index (χ3n) is 2.95. The Morgan fingerprint density at radius 1 is 1.56 bits per heavy atom. The van der Waals surface area contributed by atoms with Crippen LogP contribution in [0.15, 0.2) is 11.1 Å². The van der Waals surface area contributed by atoms with Crippen LogP contribution in [-0.2, 0) is 11.3 Å². The Hall–Kier alpha value is -0.430. The van der Waals surface area contributed by atoms with Crippen LogP contribution in [0.4, 0.5) is 0 Å². The number of aromatic nitrogens is 2. The van der Waals surface area contributed by atoms with Crippen LogP contribution >= 0.6 is 22.6 Å². The van der Waals surface area contributed by atoms with Crippen molar-refractivity contribution in [3.63, 3.8) is 0 Å². The fourth-order valence-electron chi connectivity index (χ4n) is 1.88. The summed E-state index contributed by atoms with van der Waals surface area (Å²) in [4.78, 5) is 16.2. The molecule has 1 saturated heterocycles. The monoisotopic (exact) mass is 334 g/mol. The highest BCUT2D eigenvalue weighted by Crippen LogP contribution is 2.16. The molecule has 0 atom stereocenters. The van der Waals surface area contributed by atoms with Crippen LogP contribution in [0.1, 0.15) is 18.5 Å². The molecule has 1 fully saturated rings. The molecule has 0 amide bonds. The second-order valence-corrected chi connectivity index (χ2v) is 5.24. The van der Waals surface area contributed by atoms with Crippen LogP contribution in [0.2, 0.25) is 0 Å². The number of ether oxygens (including phenoxy) is 1. The molecule has 0 radical (unpaired) electrons. The van der Waals surface area contributed by atoms with Crippen molar-refractivity contribution in [2.45, 2.75) is 26.3 Å². The van der Waals surface area contributed by atoms with Gasteiger partial charge in [0.25, 0.3) is 5.56 Å². The van der Waals surface area contributed by atoms with Crippen LogP contribution in [0.25, 0.3) is 0 Å². The fourth-order valence-corrected chi connectivity index (χ4v) is 2.33. The first-order chi connectivity index (χ1) is 7.68. The Balaban J connectivity index is 2.15. The zero-order chi connectivity index (χ0) is 11.5. The number of aryl methyl sites for hydroxylation is 1. The van der Waals surface area contributed by atoms with E-state index in [9.17, 15) is 4.79 Å². The number of hydrogen-bond acceptors (Lipinski definition) is 3. The van der Waals surface area contributed by atoms with Gasteiger partial charge < -0.3 is 4.74 Å². The predicted molar refractivity (Wildman–Crippen MR) is 69.5 cm³/mol. The molecule has 88 valence electrons. The molecule has 0 aliphatic carbocycles. The van der Waals surface area contributed by atoms with E-state index in [1.807, 2.05) is 6.92 Å². The quantitative estimate of drug-likeness (QED) is 0.772.